The minimum atomic E-state index is -1.51. The molecule has 0 aliphatic heterocycles. The van der Waals surface area contributed by atoms with Crippen molar-refractivity contribution >= 4 is 32.6 Å². The quantitative estimate of drug-likeness (QED) is 0.592. The van der Waals surface area contributed by atoms with Gasteiger partial charge in [0.25, 0.3) is 0 Å². The summed E-state index contributed by atoms with van der Waals surface area (Å²) < 4.78 is 42.5. The van der Waals surface area contributed by atoms with Crippen molar-refractivity contribution in [3.63, 3.8) is 0 Å². The SMILES string of the molecule is CC(=N[S@@](=O)C(C)(C)C)c1cc(Br)cc(F)c1F. The molecule has 1 rings (SSSR count). The van der Waals surface area contributed by atoms with Crippen LogP contribution in [0.3, 0.4) is 0 Å². The second kappa shape index (κ2) is 5.57. The van der Waals surface area contributed by atoms with Gasteiger partial charge in [-0.3, -0.25) is 0 Å². The van der Waals surface area contributed by atoms with E-state index in [4.69, 9.17) is 0 Å². The molecule has 0 heterocycles. The number of hydrogen-bond acceptors (Lipinski definition) is 1. The zero-order chi connectivity index (χ0) is 14.1. The Bertz CT molecular complexity index is 524. The predicted octanol–water partition coefficient (Wildman–Crippen LogP) is 4.00. The second-order valence-electron chi connectivity index (χ2n) is 4.79. The number of rotatable bonds is 2. The maximum absolute atomic E-state index is 13.6. The van der Waals surface area contributed by atoms with Gasteiger partial charge in [-0.25, -0.2) is 13.0 Å². The van der Waals surface area contributed by atoms with Gasteiger partial charge in [-0.05, 0) is 39.8 Å². The molecule has 1 aromatic rings. The van der Waals surface area contributed by atoms with Crippen molar-refractivity contribution in [2.45, 2.75) is 32.4 Å². The minimum absolute atomic E-state index is 0.0134. The average molecular weight is 338 g/mol. The van der Waals surface area contributed by atoms with Crippen molar-refractivity contribution in [2.24, 2.45) is 4.40 Å². The van der Waals surface area contributed by atoms with Gasteiger partial charge in [0.15, 0.2) is 11.6 Å². The maximum atomic E-state index is 13.6. The number of hydrogen-bond donors (Lipinski definition) is 0. The average Bonchev–Trinajstić information content (AvgIpc) is 2.21. The lowest BCUT2D eigenvalue weighted by Crippen LogP contribution is -2.21. The molecular formula is C12H14BrF2NOS. The van der Waals surface area contributed by atoms with Gasteiger partial charge in [0, 0.05) is 10.0 Å². The smallest absolute Gasteiger partial charge is 0.167 e. The van der Waals surface area contributed by atoms with Crippen LogP contribution in [0.25, 0.3) is 0 Å². The van der Waals surface area contributed by atoms with Crippen molar-refractivity contribution in [2.75, 3.05) is 0 Å². The molecule has 0 saturated carbocycles. The van der Waals surface area contributed by atoms with E-state index in [1.807, 2.05) is 0 Å². The van der Waals surface area contributed by atoms with E-state index in [0.717, 1.165) is 6.07 Å². The van der Waals surface area contributed by atoms with Crippen molar-refractivity contribution in [3.05, 3.63) is 33.8 Å². The summed E-state index contributed by atoms with van der Waals surface area (Å²) in [6.07, 6.45) is 0. The van der Waals surface area contributed by atoms with Crippen LogP contribution in [-0.2, 0) is 11.0 Å². The summed E-state index contributed by atoms with van der Waals surface area (Å²) in [6, 6.07) is 2.45. The number of benzene rings is 1. The zero-order valence-corrected chi connectivity index (χ0v) is 13.0. The molecule has 1 atom stereocenters. The van der Waals surface area contributed by atoms with Gasteiger partial charge in [0.1, 0.15) is 11.0 Å². The van der Waals surface area contributed by atoms with Crippen LogP contribution in [0.2, 0.25) is 0 Å². The highest BCUT2D eigenvalue weighted by Gasteiger charge is 2.20. The third-order valence-corrected chi connectivity index (χ3v) is 4.07. The molecule has 0 aromatic heterocycles. The molecule has 0 amide bonds. The summed E-state index contributed by atoms with van der Waals surface area (Å²) in [5, 5.41) is 0. The Morgan fingerprint density at radius 1 is 1.33 bits per heavy atom. The van der Waals surface area contributed by atoms with E-state index in [-0.39, 0.29) is 11.3 Å². The van der Waals surface area contributed by atoms with Crippen LogP contribution in [0.1, 0.15) is 33.3 Å². The van der Waals surface area contributed by atoms with Gasteiger partial charge in [0.2, 0.25) is 0 Å². The highest BCUT2D eigenvalue weighted by Crippen LogP contribution is 2.21. The van der Waals surface area contributed by atoms with E-state index < -0.39 is 27.4 Å². The Labute approximate surface area is 116 Å². The molecule has 18 heavy (non-hydrogen) atoms. The van der Waals surface area contributed by atoms with Crippen molar-refractivity contribution in [1.29, 1.82) is 0 Å². The summed E-state index contributed by atoms with van der Waals surface area (Å²) in [6.45, 7) is 6.79. The highest BCUT2D eigenvalue weighted by molar-refractivity contribution is 9.10. The van der Waals surface area contributed by atoms with E-state index in [9.17, 15) is 13.0 Å². The molecule has 0 saturated heterocycles. The molecule has 6 heteroatoms. The standard InChI is InChI=1S/C12H14BrF2NOS/c1-7(16-18(17)12(2,3)4)9-5-8(13)6-10(14)11(9)15/h5-6H,1-4H3/t18-/m0/s1. The first-order chi connectivity index (χ1) is 8.12. The third-order valence-electron chi connectivity index (χ3n) is 2.13. The first-order valence-corrected chi connectivity index (χ1v) is 7.15. The monoisotopic (exact) mass is 337 g/mol. The summed E-state index contributed by atoms with van der Waals surface area (Å²) >= 11 is 3.08. The normalized spacial score (nSPS) is 14.7. The van der Waals surface area contributed by atoms with Crippen LogP contribution in [0.4, 0.5) is 8.78 Å². The molecule has 0 fully saturated rings. The molecular weight excluding hydrogens is 324 g/mol. The van der Waals surface area contributed by atoms with Gasteiger partial charge in [-0.2, -0.15) is 4.40 Å². The maximum Gasteiger partial charge on any atom is 0.167 e. The molecule has 0 bridgehead atoms. The molecule has 0 aliphatic carbocycles. The lowest BCUT2D eigenvalue weighted by atomic mass is 10.1. The molecule has 2 nitrogen and oxygen atoms in total. The fraction of sp³-hybridized carbons (Fsp3) is 0.417. The Morgan fingerprint density at radius 2 is 1.89 bits per heavy atom. The fourth-order valence-electron chi connectivity index (χ4n) is 1.13. The number of nitrogens with zero attached hydrogens (tertiary/aromatic N) is 1. The van der Waals surface area contributed by atoms with Gasteiger partial charge in [-0.1, -0.05) is 15.9 Å². The van der Waals surface area contributed by atoms with E-state index >= 15 is 0 Å². The summed E-state index contributed by atoms with van der Waals surface area (Å²) in [5.74, 6) is -1.94. The molecule has 0 aliphatic rings. The lowest BCUT2D eigenvalue weighted by molar-refractivity contribution is 0.506. The van der Waals surface area contributed by atoms with Gasteiger partial charge in [-0.15, -0.1) is 0 Å². The van der Waals surface area contributed by atoms with Gasteiger partial charge in [0.05, 0.1) is 10.5 Å². The topological polar surface area (TPSA) is 29.4 Å². The summed E-state index contributed by atoms with van der Waals surface area (Å²) in [7, 11) is -1.51. The van der Waals surface area contributed by atoms with Gasteiger partial charge < -0.3 is 0 Å². The van der Waals surface area contributed by atoms with Crippen molar-refractivity contribution < 1.29 is 13.0 Å². The van der Waals surface area contributed by atoms with Crippen molar-refractivity contribution in [1.82, 2.24) is 0 Å². The Morgan fingerprint density at radius 3 is 2.39 bits per heavy atom. The molecule has 0 radical (unpaired) electrons. The van der Waals surface area contributed by atoms with E-state index in [0.29, 0.717) is 4.47 Å². The largest absolute Gasteiger partial charge is 0.234 e. The Kier molecular flexibility index (Phi) is 4.78. The van der Waals surface area contributed by atoms with Crippen LogP contribution >= 0.6 is 15.9 Å². The number of halogens is 3. The van der Waals surface area contributed by atoms with Crippen LogP contribution in [0.15, 0.2) is 21.0 Å². The first-order valence-electron chi connectivity index (χ1n) is 5.25. The zero-order valence-electron chi connectivity index (χ0n) is 10.6. The molecule has 100 valence electrons. The fourth-order valence-corrected chi connectivity index (χ4v) is 2.18. The summed E-state index contributed by atoms with van der Waals surface area (Å²) in [4.78, 5) is 0. The molecule has 1 aromatic carbocycles. The van der Waals surface area contributed by atoms with Crippen LogP contribution in [0.5, 0.6) is 0 Å². The third kappa shape index (κ3) is 3.68. The first kappa shape index (κ1) is 15.4. The summed E-state index contributed by atoms with van der Waals surface area (Å²) in [5.41, 5.74) is 0.223. The van der Waals surface area contributed by atoms with Crippen LogP contribution in [0, 0.1) is 11.6 Å². The predicted molar refractivity (Wildman–Crippen MR) is 74.2 cm³/mol. The van der Waals surface area contributed by atoms with Crippen LogP contribution < -0.4 is 0 Å². The van der Waals surface area contributed by atoms with Gasteiger partial charge >= 0.3 is 0 Å². The minimum Gasteiger partial charge on any atom is -0.234 e. The Balaban J connectivity index is 3.23. The van der Waals surface area contributed by atoms with Crippen LogP contribution in [-0.4, -0.2) is 14.7 Å². The highest BCUT2D eigenvalue weighted by atomic mass is 79.9. The van der Waals surface area contributed by atoms with E-state index in [1.165, 1.54) is 13.0 Å². The van der Waals surface area contributed by atoms with E-state index in [1.54, 1.807) is 20.8 Å². The molecule has 0 spiro atoms. The molecule has 0 unspecified atom stereocenters. The lowest BCUT2D eigenvalue weighted by Gasteiger charge is -2.14. The Hall–Kier alpha value is -0.620. The molecule has 0 N–H and O–H groups in total. The second-order valence-corrected chi connectivity index (χ2v) is 7.61. The van der Waals surface area contributed by atoms with E-state index in [2.05, 4.69) is 20.3 Å². The van der Waals surface area contributed by atoms with Crippen molar-refractivity contribution in [3.8, 4) is 0 Å².